The molecule has 0 radical (unpaired) electrons. The number of piperazine rings is 1. The molecule has 2 aromatic rings. The number of ether oxygens (including phenoxy) is 1. The van der Waals surface area contributed by atoms with Crippen molar-refractivity contribution < 1.29 is 32.0 Å². The molecule has 8 nitrogen and oxygen atoms in total. The van der Waals surface area contributed by atoms with Crippen molar-refractivity contribution in [3.05, 3.63) is 41.7 Å². The summed E-state index contributed by atoms with van der Waals surface area (Å²) in [5, 5.41) is 6.33. The number of amides is 2. The average molecular weight is 426 g/mol. The van der Waals surface area contributed by atoms with Gasteiger partial charge in [-0.05, 0) is 25.1 Å². The van der Waals surface area contributed by atoms with E-state index in [2.05, 4.69) is 10.5 Å². The number of benzene rings is 1. The molecule has 1 aliphatic heterocycles. The fourth-order valence-electron chi connectivity index (χ4n) is 2.96. The maximum absolute atomic E-state index is 12.7. The summed E-state index contributed by atoms with van der Waals surface area (Å²) in [5.41, 5.74) is -0.833. The van der Waals surface area contributed by atoms with Crippen LogP contribution in [0.15, 0.2) is 34.9 Å². The molecule has 1 aromatic carbocycles. The molecule has 162 valence electrons. The second-order valence-corrected chi connectivity index (χ2v) is 6.84. The largest absolute Gasteiger partial charge is 0.484 e. The predicted molar refractivity (Wildman–Crippen MR) is 99.8 cm³/mol. The SMILES string of the molecule is Cc1cc(NC(=O)CN2CCN(C(=O)COc3cccc(C(F)(F)F)c3)CC2)no1. The number of nitrogens with one attached hydrogen (secondary N) is 1. The van der Waals surface area contributed by atoms with Gasteiger partial charge in [0, 0.05) is 32.2 Å². The average Bonchev–Trinajstić information content (AvgIpc) is 3.10. The summed E-state index contributed by atoms with van der Waals surface area (Å²) in [7, 11) is 0. The van der Waals surface area contributed by atoms with Crippen LogP contribution in [0.3, 0.4) is 0 Å². The van der Waals surface area contributed by atoms with Gasteiger partial charge in [-0.2, -0.15) is 13.2 Å². The number of alkyl halides is 3. The van der Waals surface area contributed by atoms with Crippen molar-refractivity contribution in [2.45, 2.75) is 13.1 Å². The molecule has 1 N–H and O–H groups in total. The number of anilines is 1. The summed E-state index contributed by atoms with van der Waals surface area (Å²) < 4.78 is 48.3. The van der Waals surface area contributed by atoms with Crippen molar-refractivity contribution in [1.29, 1.82) is 0 Å². The number of carbonyl (C=O) groups is 2. The molecule has 0 atom stereocenters. The summed E-state index contributed by atoms with van der Waals surface area (Å²) in [6.45, 7) is 3.26. The molecule has 0 unspecified atom stereocenters. The van der Waals surface area contributed by atoms with E-state index in [4.69, 9.17) is 9.26 Å². The van der Waals surface area contributed by atoms with E-state index in [1.54, 1.807) is 17.9 Å². The van der Waals surface area contributed by atoms with Gasteiger partial charge < -0.3 is 19.5 Å². The molecule has 1 aromatic heterocycles. The van der Waals surface area contributed by atoms with Gasteiger partial charge >= 0.3 is 6.18 Å². The summed E-state index contributed by atoms with van der Waals surface area (Å²) in [5.74, 6) is 0.352. The summed E-state index contributed by atoms with van der Waals surface area (Å²) in [4.78, 5) is 27.8. The van der Waals surface area contributed by atoms with Crippen LogP contribution in [-0.4, -0.2) is 66.1 Å². The third-order valence-corrected chi connectivity index (χ3v) is 4.51. The Morgan fingerprint density at radius 2 is 1.93 bits per heavy atom. The molecule has 2 amide bonds. The molecule has 0 spiro atoms. The van der Waals surface area contributed by atoms with Crippen LogP contribution in [0, 0.1) is 6.92 Å². The minimum absolute atomic E-state index is 0.0171. The molecule has 0 bridgehead atoms. The number of hydrogen-bond acceptors (Lipinski definition) is 6. The van der Waals surface area contributed by atoms with Crippen molar-refractivity contribution >= 4 is 17.6 Å². The van der Waals surface area contributed by atoms with Gasteiger partial charge in [-0.1, -0.05) is 11.2 Å². The van der Waals surface area contributed by atoms with Gasteiger partial charge in [-0.3, -0.25) is 14.5 Å². The first-order valence-corrected chi connectivity index (χ1v) is 9.24. The lowest BCUT2D eigenvalue weighted by Crippen LogP contribution is -2.51. The standard InChI is InChI=1S/C19H21F3N4O4/c1-13-9-16(24-30-13)23-17(27)11-25-5-7-26(8-6-25)18(28)12-29-15-4-2-3-14(10-15)19(20,21)22/h2-4,9-10H,5-8,11-12H2,1H3,(H,23,24,27). The summed E-state index contributed by atoms with van der Waals surface area (Å²) in [6.07, 6.45) is -4.47. The monoisotopic (exact) mass is 426 g/mol. The van der Waals surface area contributed by atoms with Crippen LogP contribution in [0.1, 0.15) is 11.3 Å². The molecule has 1 saturated heterocycles. The molecular weight excluding hydrogens is 405 g/mol. The summed E-state index contributed by atoms with van der Waals surface area (Å²) in [6, 6.07) is 6.01. The molecule has 2 heterocycles. The highest BCUT2D eigenvalue weighted by Crippen LogP contribution is 2.31. The van der Waals surface area contributed by atoms with Gasteiger partial charge in [0.2, 0.25) is 5.91 Å². The van der Waals surface area contributed by atoms with E-state index < -0.39 is 11.7 Å². The third kappa shape index (κ3) is 5.96. The Morgan fingerprint density at radius 1 is 1.20 bits per heavy atom. The topological polar surface area (TPSA) is 87.9 Å². The van der Waals surface area contributed by atoms with E-state index in [9.17, 15) is 22.8 Å². The first-order chi connectivity index (χ1) is 14.2. The van der Waals surface area contributed by atoms with Crippen LogP contribution < -0.4 is 10.1 Å². The highest BCUT2D eigenvalue weighted by molar-refractivity contribution is 5.91. The van der Waals surface area contributed by atoms with Crippen molar-refractivity contribution in [3.63, 3.8) is 0 Å². The molecule has 3 rings (SSSR count). The number of aromatic nitrogens is 1. The minimum Gasteiger partial charge on any atom is -0.484 e. The van der Waals surface area contributed by atoms with Crippen molar-refractivity contribution in [3.8, 4) is 5.75 Å². The second kappa shape index (κ2) is 9.16. The van der Waals surface area contributed by atoms with E-state index in [-0.39, 0.29) is 30.7 Å². The first kappa shape index (κ1) is 21.6. The maximum atomic E-state index is 12.7. The molecular formula is C19H21F3N4O4. The highest BCUT2D eigenvalue weighted by Gasteiger charge is 2.30. The van der Waals surface area contributed by atoms with E-state index in [1.165, 1.54) is 12.1 Å². The van der Waals surface area contributed by atoms with E-state index in [0.29, 0.717) is 37.8 Å². The smallest absolute Gasteiger partial charge is 0.416 e. The second-order valence-electron chi connectivity index (χ2n) is 6.84. The Kier molecular flexibility index (Phi) is 6.60. The van der Waals surface area contributed by atoms with Crippen LogP contribution in [0.25, 0.3) is 0 Å². The number of carbonyl (C=O) groups excluding carboxylic acids is 2. The van der Waals surface area contributed by atoms with Crippen LogP contribution >= 0.6 is 0 Å². The zero-order chi connectivity index (χ0) is 21.7. The van der Waals surface area contributed by atoms with E-state index >= 15 is 0 Å². The molecule has 0 aliphatic carbocycles. The molecule has 30 heavy (non-hydrogen) atoms. The van der Waals surface area contributed by atoms with Crippen molar-refractivity contribution in [2.75, 3.05) is 44.6 Å². The fourth-order valence-corrected chi connectivity index (χ4v) is 2.96. The van der Waals surface area contributed by atoms with Gasteiger partial charge in [0.05, 0.1) is 12.1 Å². The molecule has 11 heteroatoms. The van der Waals surface area contributed by atoms with Gasteiger partial charge in [-0.25, -0.2) is 0 Å². The lowest BCUT2D eigenvalue weighted by molar-refractivity contribution is -0.137. The number of nitrogens with zero attached hydrogens (tertiary/aromatic N) is 3. The van der Waals surface area contributed by atoms with Gasteiger partial charge in [0.1, 0.15) is 11.5 Å². The number of halogens is 3. The Morgan fingerprint density at radius 3 is 2.57 bits per heavy atom. The van der Waals surface area contributed by atoms with Crippen LogP contribution in [0.5, 0.6) is 5.75 Å². The van der Waals surface area contributed by atoms with E-state index in [0.717, 1.165) is 12.1 Å². The van der Waals surface area contributed by atoms with Crippen molar-refractivity contribution in [1.82, 2.24) is 15.0 Å². The lowest BCUT2D eigenvalue weighted by Gasteiger charge is -2.34. The zero-order valence-corrected chi connectivity index (χ0v) is 16.2. The van der Waals surface area contributed by atoms with Crippen LogP contribution in [0.2, 0.25) is 0 Å². The molecule has 0 saturated carbocycles. The Balaban J connectivity index is 1.41. The Bertz CT molecular complexity index is 892. The fraction of sp³-hybridized carbons (Fsp3) is 0.421. The highest BCUT2D eigenvalue weighted by atomic mass is 19.4. The minimum atomic E-state index is -4.47. The Labute approximate surface area is 170 Å². The number of rotatable bonds is 6. The van der Waals surface area contributed by atoms with E-state index in [1.807, 2.05) is 4.90 Å². The van der Waals surface area contributed by atoms with Gasteiger partial charge in [0.15, 0.2) is 12.4 Å². The molecule has 1 aliphatic rings. The zero-order valence-electron chi connectivity index (χ0n) is 16.2. The third-order valence-electron chi connectivity index (χ3n) is 4.51. The first-order valence-electron chi connectivity index (χ1n) is 9.24. The predicted octanol–water partition coefficient (Wildman–Crippen LogP) is 2.16. The number of hydrogen-bond donors (Lipinski definition) is 1. The quantitative estimate of drug-likeness (QED) is 0.762. The lowest BCUT2D eigenvalue weighted by atomic mass is 10.2. The number of aryl methyl sites for hydroxylation is 1. The van der Waals surface area contributed by atoms with Crippen LogP contribution in [-0.2, 0) is 15.8 Å². The van der Waals surface area contributed by atoms with Gasteiger partial charge in [0.25, 0.3) is 5.91 Å². The van der Waals surface area contributed by atoms with Crippen molar-refractivity contribution in [2.24, 2.45) is 0 Å². The Hall–Kier alpha value is -3.08. The normalized spacial score (nSPS) is 15.1. The molecule has 1 fully saturated rings. The van der Waals surface area contributed by atoms with Gasteiger partial charge in [-0.15, -0.1) is 0 Å². The van der Waals surface area contributed by atoms with Crippen LogP contribution in [0.4, 0.5) is 19.0 Å². The maximum Gasteiger partial charge on any atom is 0.416 e. The summed E-state index contributed by atoms with van der Waals surface area (Å²) >= 11 is 0.